The molecule has 0 amide bonds. The maximum Gasteiger partial charge on any atom is 0.227 e. The number of benzene rings is 2. The molecule has 2 heterocycles. The molecule has 2 aromatic carbocycles. The number of nitrogens with zero attached hydrogens (tertiary/aromatic N) is 3. The van der Waals surface area contributed by atoms with E-state index in [1.165, 1.54) is 31.0 Å². The molecule has 0 bridgehead atoms. The highest BCUT2D eigenvalue weighted by Gasteiger charge is 2.12. The molecule has 4 rings (SSSR count). The summed E-state index contributed by atoms with van der Waals surface area (Å²) >= 11 is 6.27. The van der Waals surface area contributed by atoms with E-state index in [0.29, 0.717) is 11.0 Å². The van der Waals surface area contributed by atoms with Crippen molar-refractivity contribution in [2.45, 2.75) is 25.7 Å². The highest BCUT2D eigenvalue weighted by atomic mass is 35.5. The molecule has 0 spiro atoms. The second-order valence-electron chi connectivity index (χ2n) is 7.64. The van der Waals surface area contributed by atoms with Gasteiger partial charge in [-0.3, -0.25) is 4.79 Å². The monoisotopic (exact) mass is 432 g/mol. The fourth-order valence-electron chi connectivity index (χ4n) is 3.77. The number of halogens is 1. The molecular weight excluding hydrogens is 408 g/mol. The highest BCUT2D eigenvalue weighted by Crippen LogP contribution is 2.27. The Bertz CT molecular complexity index is 1090. The lowest BCUT2D eigenvalue weighted by molar-refractivity contribution is -0.114. The molecule has 158 valence electrons. The van der Waals surface area contributed by atoms with Crippen molar-refractivity contribution in [2.24, 2.45) is 0 Å². The van der Waals surface area contributed by atoms with Crippen LogP contribution in [0, 0.1) is 0 Å². The number of hydrogen-bond acceptors (Lipinski definition) is 5. The second kappa shape index (κ2) is 9.75. The topological polar surface area (TPSA) is 58.1 Å². The van der Waals surface area contributed by atoms with Gasteiger partial charge in [-0.25, -0.2) is 9.97 Å². The molecule has 5 nitrogen and oxygen atoms in total. The van der Waals surface area contributed by atoms with Crippen LogP contribution in [0.1, 0.15) is 24.8 Å². The van der Waals surface area contributed by atoms with Crippen LogP contribution in [0.3, 0.4) is 0 Å². The van der Waals surface area contributed by atoms with Crippen LogP contribution in [0.4, 0.5) is 17.3 Å². The van der Waals surface area contributed by atoms with Crippen molar-refractivity contribution in [2.75, 3.05) is 23.3 Å². The molecule has 0 saturated carbocycles. The number of rotatable bonds is 7. The third-order valence-electron chi connectivity index (χ3n) is 5.41. The molecule has 1 aromatic heterocycles. The largest absolute Gasteiger partial charge is 0.371 e. The van der Waals surface area contributed by atoms with E-state index in [1.807, 2.05) is 24.3 Å². The third kappa shape index (κ3) is 5.30. The number of piperidine rings is 1. The van der Waals surface area contributed by atoms with Gasteiger partial charge in [-0.2, -0.15) is 0 Å². The Morgan fingerprint density at radius 2 is 1.97 bits per heavy atom. The summed E-state index contributed by atoms with van der Waals surface area (Å²) < 4.78 is 0. The normalized spacial score (nSPS) is 13.6. The summed E-state index contributed by atoms with van der Waals surface area (Å²) in [6, 6.07) is 15.8. The molecule has 1 saturated heterocycles. The van der Waals surface area contributed by atoms with Crippen molar-refractivity contribution in [3.05, 3.63) is 78.0 Å². The number of hydrogen-bond donors (Lipinski definition) is 1. The maximum atomic E-state index is 11.8. The average Bonchev–Trinajstić information content (AvgIpc) is 2.81. The first-order chi connectivity index (χ1) is 15.1. The molecular formula is C25H25ClN4O. The van der Waals surface area contributed by atoms with Gasteiger partial charge in [-0.1, -0.05) is 30.3 Å². The van der Waals surface area contributed by atoms with Gasteiger partial charge in [-0.05, 0) is 67.3 Å². The minimum absolute atomic E-state index is 0.0716. The molecule has 0 aliphatic carbocycles. The molecule has 1 aliphatic rings. The maximum absolute atomic E-state index is 11.8. The standard InChI is InChI=1S/C25H25ClN4O/c1-2-22(31)16-19-15-18(9-10-23(19)26)24-11-12-27-25(29-24)28-20-7-6-8-21(17-20)30-13-4-3-5-14-30/h2,6-12,15,17H,1,3-5,13-14,16H2,(H,27,28,29). The van der Waals surface area contributed by atoms with Gasteiger partial charge in [0.1, 0.15) is 0 Å². The summed E-state index contributed by atoms with van der Waals surface area (Å²) in [5.41, 5.74) is 4.56. The Morgan fingerprint density at radius 3 is 2.77 bits per heavy atom. The zero-order valence-electron chi connectivity index (χ0n) is 17.4. The molecule has 31 heavy (non-hydrogen) atoms. The number of carbonyl (C=O) groups excluding carboxylic acids is 1. The molecule has 1 N–H and O–H groups in total. The minimum atomic E-state index is -0.0716. The van der Waals surface area contributed by atoms with Gasteiger partial charge in [-0.15, -0.1) is 0 Å². The molecule has 1 fully saturated rings. The van der Waals surface area contributed by atoms with Crippen LogP contribution >= 0.6 is 11.6 Å². The Labute approximate surface area is 187 Å². The predicted molar refractivity (Wildman–Crippen MR) is 127 cm³/mol. The fourth-order valence-corrected chi connectivity index (χ4v) is 3.96. The Hall–Kier alpha value is -3.18. The average molecular weight is 433 g/mol. The van der Waals surface area contributed by atoms with Crippen molar-refractivity contribution in [1.82, 2.24) is 9.97 Å². The first-order valence-corrected chi connectivity index (χ1v) is 10.9. The number of nitrogens with one attached hydrogen (secondary N) is 1. The predicted octanol–water partition coefficient (Wildman–Crippen LogP) is 5.83. The fraction of sp³-hybridized carbons (Fsp3) is 0.240. The lowest BCUT2D eigenvalue weighted by atomic mass is 10.0. The quantitative estimate of drug-likeness (QED) is 0.476. The van der Waals surface area contributed by atoms with E-state index in [0.717, 1.165) is 35.6 Å². The van der Waals surface area contributed by atoms with Crippen molar-refractivity contribution in [3.63, 3.8) is 0 Å². The van der Waals surface area contributed by atoms with Crippen molar-refractivity contribution < 1.29 is 4.79 Å². The van der Waals surface area contributed by atoms with Crippen LogP contribution in [-0.2, 0) is 11.2 Å². The van der Waals surface area contributed by atoms with Gasteiger partial charge < -0.3 is 10.2 Å². The van der Waals surface area contributed by atoms with E-state index in [-0.39, 0.29) is 12.2 Å². The van der Waals surface area contributed by atoms with Crippen molar-refractivity contribution in [3.8, 4) is 11.3 Å². The molecule has 0 atom stereocenters. The lowest BCUT2D eigenvalue weighted by Crippen LogP contribution is -2.29. The van der Waals surface area contributed by atoms with Gasteiger partial charge in [0.05, 0.1) is 5.69 Å². The van der Waals surface area contributed by atoms with Gasteiger partial charge >= 0.3 is 0 Å². The Kier molecular flexibility index (Phi) is 6.63. The van der Waals surface area contributed by atoms with Gasteiger partial charge in [0, 0.05) is 47.7 Å². The minimum Gasteiger partial charge on any atom is -0.371 e. The van der Waals surface area contributed by atoms with Crippen molar-refractivity contribution in [1.29, 1.82) is 0 Å². The van der Waals surface area contributed by atoms with Crippen LogP contribution < -0.4 is 10.2 Å². The van der Waals surface area contributed by atoms with E-state index < -0.39 is 0 Å². The molecule has 6 heteroatoms. The van der Waals surface area contributed by atoms with E-state index >= 15 is 0 Å². The number of anilines is 3. The molecule has 1 aliphatic heterocycles. The highest BCUT2D eigenvalue weighted by molar-refractivity contribution is 6.31. The zero-order chi connectivity index (χ0) is 21.6. The number of carbonyl (C=O) groups is 1. The summed E-state index contributed by atoms with van der Waals surface area (Å²) in [6.45, 7) is 5.73. The summed E-state index contributed by atoms with van der Waals surface area (Å²) in [6.07, 6.45) is 7.05. The van der Waals surface area contributed by atoms with Crippen LogP contribution in [0.25, 0.3) is 11.3 Å². The van der Waals surface area contributed by atoms with Crippen molar-refractivity contribution >= 4 is 34.7 Å². The number of allylic oxidation sites excluding steroid dienone is 1. The van der Waals surface area contributed by atoms with Crippen LogP contribution in [0.5, 0.6) is 0 Å². The van der Waals surface area contributed by atoms with Crippen LogP contribution in [-0.4, -0.2) is 28.8 Å². The van der Waals surface area contributed by atoms with Crippen LogP contribution in [0.15, 0.2) is 67.4 Å². The molecule has 0 unspecified atom stereocenters. The lowest BCUT2D eigenvalue weighted by Gasteiger charge is -2.29. The SMILES string of the molecule is C=CC(=O)Cc1cc(-c2ccnc(Nc3cccc(N4CCCCC4)c3)n2)ccc1Cl. The molecule has 0 radical (unpaired) electrons. The molecule has 3 aromatic rings. The summed E-state index contributed by atoms with van der Waals surface area (Å²) in [7, 11) is 0. The zero-order valence-corrected chi connectivity index (χ0v) is 18.1. The van der Waals surface area contributed by atoms with E-state index in [1.54, 1.807) is 12.3 Å². The third-order valence-corrected chi connectivity index (χ3v) is 5.78. The van der Waals surface area contributed by atoms with E-state index in [2.05, 4.69) is 45.0 Å². The van der Waals surface area contributed by atoms with Gasteiger partial charge in [0.15, 0.2) is 5.78 Å². The Balaban J connectivity index is 1.55. The van der Waals surface area contributed by atoms with Gasteiger partial charge in [0.25, 0.3) is 0 Å². The van der Waals surface area contributed by atoms with Crippen LogP contribution in [0.2, 0.25) is 5.02 Å². The van der Waals surface area contributed by atoms with E-state index in [9.17, 15) is 4.79 Å². The smallest absolute Gasteiger partial charge is 0.227 e. The summed E-state index contributed by atoms with van der Waals surface area (Å²) in [4.78, 5) is 23.2. The van der Waals surface area contributed by atoms with E-state index in [4.69, 9.17) is 11.6 Å². The summed E-state index contributed by atoms with van der Waals surface area (Å²) in [5, 5.41) is 3.87. The first-order valence-electron chi connectivity index (χ1n) is 10.5. The Morgan fingerprint density at radius 1 is 1.13 bits per heavy atom. The van der Waals surface area contributed by atoms with Gasteiger partial charge in [0.2, 0.25) is 5.95 Å². The first kappa shape index (κ1) is 21.1. The number of aromatic nitrogens is 2. The number of ketones is 1. The second-order valence-corrected chi connectivity index (χ2v) is 8.05. The summed E-state index contributed by atoms with van der Waals surface area (Å²) in [5.74, 6) is 0.449.